The van der Waals surface area contributed by atoms with Gasteiger partial charge in [-0.2, -0.15) is 0 Å². The summed E-state index contributed by atoms with van der Waals surface area (Å²) in [6.45, 7) is 4.39. The molecule has 0 radical (unpaired) electrons. The maximum Gasteiger partial charge on any atom is 0.254 e. The summed E-state index contributed by atoms with van der Waals surface area (Å²) in [5.74, 6) is 0.636. The molecule has 1 atom stereocenters. The monoisotopic (exact) mass is 274 g/mol. The van der Waals surface area contributed by atoms with Gasteiger partial charge in [-0.15, -0.1) is 0 Å². The molecule has 2 aliphatic rings. The van der Waals surface area contributed by atoms with E-state index in [1.165, 1.54) is 0 Å². The molecule has 1 saturated carbocycles. The summed E-state index contributed by atoms with van der Waals surface area (Å²) in [4.78, 5) is 14.8. The summed E-state index contributed by atoms with van der Waals surface area (Å²) in [6, 6.07) is 6.00. The van der Waals surface area contributed by atoms with E-state index in [1.807, 2.05) is 30.0 Å². The second-order valence-electron chi connectivity index (χ2n) is 5.99. The molecule has 108 valence electrons. The summed E-state index contributed by atoms with van der Waals surface area (Å²) >= 11 is 0. The first kappa shape index (κ1) is 13.4. The Hall–Kier alpha value is -1.55. The third-order valence-electron chi connectivity index (χ3n) is 4.24. The minimum Gasteiger partial charge on any atom is -0.399 e. The second-order valence-corrected chi connectivity index (χ2v) is 5.99. The minimum absolute atomic E-state index is 0.141. The van der Waals surface area contributed by atoms with Crippen LogP contribution in [0.1, 0.15) is 35.2 Å². The minimum atomic E-state index is 0.141. The molecule has 1 aliphatic heterocycles. The van der Waals surface area contributed by atoms with E-state index < -0.39 is 0 Å². The zero-order chi connectivity index (χ0) is 14.1. The number of benzene rings is 1. The number of aryl methyl sites for hydroxylation is 1. The normalized spacial score (nSPS) is 21.9. The van der Waals surface area contributed by atoms with Crippen LogP contribution in [0.15, 0.2) is 18.2 Å². The summed E-state index contributed by atoms with van der Waals surface area (Å²) in [6.07, 6.45) is 3.33. The molecular weight excluding hydrogens is 252 g/mol. The highest BCUT2D eigenvalue weighted by atomic mass is 16.5. The molecule has 0 bridgehead atoms. The van der Waals surface area contributed by atoms with E-state index in [4.69, 9.17) is 10.5 Å². The van der Waals surface area contributed by atoms with Crippen molar-refractivity contribution in [3.8, 4) is 0 Å². The van der Waals surface area contributed by atoms with Gasteiger partial charge in [-0.05, 0) is 49.9 Å². The Labute approximate surface area is 119 Å². The highest BCUT2D eigenvalue weighted by Gasteiger charge is 2.35. The van der Waals surface area contributed by atoms with Crippen LogP contribution in [0.5, 0.6) is 0 Å². The van der Waals surface area contributed by atoms with Crippen LogP contribution < -0.4 is 5.73 Å². The lowest BCUT2D eigenvalue weighted by Gasteiger charge is -2.25. The van der Waals surface area contributed by atoms with Crippen LogP contribution in [-0.2, 0) is 4.74 Å². The largest absolute Gasteiger partial charge is 0.399 e. The maximum atomic E-state index is 12.7. The van der Waals surface area contributed by atoms with Crippen molar-refractivity contribution in [2.24, 2.45) is 5.92 Å². The van der Waals surface area contributed by atoms with Crippen molar-refractivity contribution in [3.63, 3.8) is 0 Å². The molecule has 1 unspecified atom stereocenters. The smallest absolute Gasteiger partial charge is 0.254 e. The van der Waals surface area contributed by atoms with E-state index in [1.54, 1.807) is 0 Å². The van der Waals surface area contributed by atoms with Gasteiger partial charge in [0, 0.05) is 36.4 Å². The van der Waals surface area contributed by atoms with Crippen molar-refractivity contribution in [2.75, 3.05) is 25.5 Å². The molecule has 0 spiro atoms. The summed E-state index contributed by atoms with van der Waals surface area (Å²) in [7, 11) is 0. The number of ether oxygens (including phenoxy) is 1. The Kier molecular flexibility index (Phi) is 3.66. The lowest BCUT2D eigenvalue weighted by Crippen LogP contribution is -2.37. The average Bonchev–Trinajstić information content (AvgIpc) is 3.15. The lowest BCUT2D eigenvalue weighted by atomic mass is 10.1. The van der Waals surface area contributed by atoms with Gasteiger partial charge in [0.2, 0.25) is 0 Å². The quantitative estimate of drug-likeness (QED) is 0.857. The third kappa shape index (κ3) is 2.80. The fourth-order valence-electron chi connectivity index (χ4n) is 2.76. The summed E-state index contributed by atoms with van der Waals surface area (Å²) in [5.41, 5.74) is 8.29. The highest BCUT2D eigenvalue weighted by molar-refractivity contribution is 5.95. The number of nitrogens with zero attached hydrogens (tertiary/aromatic N) is 1. The van der Waals surface area contributed by atoms with Crippen LogP contribution in [0.2, 0.25) is 0 Å². The molecule has 1 heterocycles. The van der Waals surface area contributed by atoms with Crippen molar-refractivity contribution in [2.45, 2.75) is 32.2 Å². The van der Waals surface area contributed by atoms with Gasteiger partial charge in [-0.1, -0.05) is 0 Å². The molecule has 2 N–H and O–H groups in total. The predicted molar refractivity (Wildman–Crippen MR) is 78.6 cm³/mol. The Bertz CT molecular complexity index is 505. The fourth-order valence-corrected chi connectivity index (χ4v) is 2.76. The van der Waals surface area contributed by atoms with Crippen molar-refractivity contribution in [3.05, 3.63) is 29.3 Å². The van der Waals surface area contributed by atoms with Gasteiger partial charge in [-0.25, -0.2) is 0 Å². The molecule has 1 aromatic carbocycles. The van der Waals surface area contributed by atoms with Gasteiger partial charge >= 0.3 is 0 Å². The first-order valence-electron chi connectivity index (χ1n) is 7.40. The van der Waals surface area contributed by atoms with Gasteiger partial charge in [0.05, 0.1) is 6.61 Å². The van der Waals surface area contributed by atoms with Gasteiger partial charge < -0.3 is 15.4 Å². The van der Waals surface area contributed by atoms with Gasteiger partial charge in [-0.3, -0.25) is 4.79 Å². The van der Waals surface area contributed by atoms with E-state index in [-0.39, 0.29) is 5.91 Å². The Morgan fingerprint density at radius 1 is 1.40 bits per heavy atom. The molecule has 4 heteroatoms. The van der Waals surface area contributed by atoms with Crippen molar-refractivity contribution in [1.82, 2.24) is 4.90 Å². The predicted octanol–water partition coefficient (Wildman–Crippen LogP) is 2.22. The van der Waals surface area contributed by atoms with Crippen molar-refractivity contribution >= 4 is 11.6 Å². The molecular formula is C16H22N2O2. The van der Waals surface area contributed by atoms with E-state index in [9.17, 15) is 4.79 Å². The molecule has 20 heavy (non-hydrogen) atoms. The van der Waals surface area contributed by atoms with Gasteiger partial charge in [0.1, 0.15) is 0 Å². The number of anilines is 1. The summed E-state index contributed by atoms with van der Waals surface area (Å²) in [5, 5.41) is 0. The van der Waals surface area contributed by atoms with Crippen LogP contribution in [0.3, 0.4) is 0 Å². The Morgan fingerprint density at radius 2 is 2.20 bits per heavy atom. The number of nitrogens with two attached hydrogens (primary N) is 1. The highest BCUT2D eigenvalue weighted by Crippen LogP contribution is 2.30. The number of amides is 1. The lowest BCUT2D eigenvalue weighted by molar-refractivity contribution is 0.0706. The number of carbonyl (C=O) groups excluding carboxylic acids is 1. The standard InChI is InChI=1S/C16H22N2O2/c1-11-8-13(2-5-15(11)17)16(19)18(14-3-4-14)9-12-6-7-20-10-12/h2,5,8,12,14H,3-4,6-7,9-10,17H2,1H3. The van der Waals surface area contributed by atoms with Crippen molar-refractivity contribution < 1.29 is 9.53 Å². The third-order valence-corrected chi connectivity index (χ3v) is 4.24. The van der Waals surface area contributed by atoms with Crippen LogP contribution in [-0.4, -0.2) is 36.6 Å². The second kappa shape index (κ2) is 5.44. The zero-order valence-electron chi connectivity index (χ0n) is 12.0. The number of nitrogen functional groups attached to an aromatic ring is 1. The number of carbonyl (C=O) groups is 1. The van der Waals surface area contributed by atoms with Crippen LogP contribution in [0.4, 0.5) is 5.69 Å². The Balaban J connectivity index is 1.75. The SMILES string of the molecule is Cc1cc(C(=O)N(CC2CCOC2)C2CC2)ccc1N. The van der Waals surface area contributed by atoms with E-state index in [0.717, 1.165) is 55.8 Å². The molecule has 2 fully saturated rings. The Morgan fingerprint density at radius 3 is 2.80 bits per heavy atom. The van der Waals surface area contributed by atoms with E-state index in [0.29, 0.717) is 12.0 Å². The first-order chi connectivity index (χ1) is 9.65. The van der Waals surface area contributed by atoms with E-state index in [2.05, 4.69) is 0 Å². The molecule has 1 saturated heterocycles. The fraction of sp³-hybridized carbons (Fsp3) is 0.562. The van der Waals surface area contributed by atoms with Crippen LogP contribution >= 0.6 is 0 Å². The maximum absolute atomic E-state index is 12.7. The van der Waals surface area contributed by atoms with Crippen LogP contribution in [0.25, 0.3) is 0 Å². The van der Waals surface area contributed by atoms with Crippen molar-refractivity contribution in [1.29, 1.82) is 0 Å². The molecule has 1 amide bonds. The number of hydrogen-bond acceptors (Lipinski definition) is 3. The molecule has 4 nitrogen and oxygen atoms in total. The number of hydrogen-bond donors (Lipinski definition) is 1. The van der Waals surface area contributed by atoms with Gasteiger partial charge in [0.15, 0.2) is 0 Å². The van der Waals surface area contributed by atoms with Gasteiger partial charge in [0.25, 0.3) is 5.91 Å². The first-order valence-corrected chi connectivity index (χ1v) is 7.40. The topological polar surface area (TPSA) is 55.6 Å². The van der Waals surface area contributed by atoms with E-state index >= 15 is 0 Å². The summed E-state index contributed by atoms with van der Waals surface area (Å²) < 4.78 is 5.42. The molecule has 1 aliphatic carbocycles. The van der Waals surface area contributed by atoms with Crippen LogP contribution in [0, 0.1) is 12.8 Å². The average molecular weight is 274 g/mol. The number of rotatable bonds is 4. The zero-order valence-corrected chi connectivity index (χ0v) is 12.0. The molecule has 1 aromatic rings. The molecule has 3 rings (SSSR count). The molecule has 0 aromatic heterocycles.